The molecular formula is C15H22FNO. The number of nitrogens with zero attached hydrogens (tertiary/aromatic N) is 1. The van der Waals surface area contributed by atoms with Gasteiger partial charge in [-0.1, -0.05) is 0 Å². The molecule has 2 aliphatic carbocycles. The van der Waals surface area contributed by atoms with E-state index in [9.17, 15) is 4.39 Å². The van der Waals surface area contributed by atoms with E-state index in [-0.39, 0.29) is 6.04 Å². The topological polar surface area (TPSA) is 13.6 Å². The summed E-state index contributed by atoms with van der Waals surface area (Å²) in [6.45, 7) is 8.00. The van der Waals surface area contributed by atoms with Crippen LogP contribution in [0.25, 0.3) is 4.85 Å². The molecule has 0 aromatic rings. The van der Waals surface area contributed by atoms with E-state index < -0.39 is 6.17 Å². The lowest BCUT2D eigenvalue weighted by molar-refractivity contribution is 0.0149. The van der Waals surface area contributed by atoms with Gasteiger partial charge in [0.2, 0.25) is 6.04 Å². The highest BCUT2D eigenvalue weighted by atomic mass is 19.1. The Balaban J connectivity index is 1.61. The first-order valence-corrected chi connectivity index (χ1v) is 7.40. The highest BCUT2D eigenvalue weighted by molar-refractivity contribution is 4.97. The highest BCUT2D eigenvalue weighted by Crippen LogP contribution is 2.45. The monoisotopic (exact) mass is 251 g/mol. The Bertz CT molecular complexity index is 332. The maximum Gasteiger partial charge on any atom is 0.224 e. The molecule has 3 aliphatic rings. The SMILES string of the molecule is [C-]#[N+]C1CCC2C(COC2C2CCC(F)CC2)C1. The van der Waals surface area contributed by atoms with Gasteiger partial charge in [-0.15, -0.1) is 0 Å². The highest BCUT2D eigenvalue weighted by Gasteiger charge is 2.46. The second-order valence-corrected chi connectivity index (χ2v) is 6.33. The number of hydrogen-bond donors (Lipinski definition) is 0. The quantitative estimate of drug-likeness (QED) is 0.649. The van der Waals surface area contributed by atoms with Crippen LogP contribution in [0.2, 0.25) is 0 Å². The summed E-state index contributed by atoms with van der Waals surface area (Å²) >= 11 is 0. The first-order chi connectivity index (χ1) is 8.78. The summed E-state index contributed by atoms with van der Waals surface area (Å²) in [7, 11) is 0. The molecule has 0 amide bonds. The van der Waals surface area contributed by atoms with E-state index >= 15 is 0 Å². The fourth-order valence-electron chi connectivity index (χ4n) is 4.26. The van der Waals surface area contributed by atoms with Crippen molar-refractivity contribution in [2.24, 2.45) is 17.8 Å². The molecule has 4 unspecified atom stereocenters. The van der Waals surface area contributed by atoms with Gasteiger partial charge < -0.3 is 9.58 Å². The van der Waals surface area contributed by atoms with Gasteiger partial charge in [-0.3, -0.25) is 0 Å². The third-order valence-corrected chi connectivity index (χ3v) is 5.29. The van der Waals surface area contributed by atoms with Crippen molar-refractivity contribution in [3.8, 4) is 0 Å². The molecule has 0 bridgehead atoms. The van der Waals surface area contributed by atoms with Gasteiger partial charge in [0.05, 0.1) is 12.7 Å². The molecule has 2 saturated carbocycles. The predicted octanol–water partition coefficient (Wildman–Crippen LogP) is 3.62. The number of rotatable bonds is 1. The van der Waals surface area contributed by atoms with Gasteiger partial charge in [0, 0.05) is 12.8 Å². The number of halogens is 1. The van der Waals surface area contributed by atoms with Crippen molar-refractivity contribution in [2.75, 3.05) is 6.61 Å². The van der Waals surface area contributed by atoms with Gasteiger partial charge in [0.15, 0.2) is 0 Å². The van der Waals surface area contributed by atoms with E-state index in [1.807, 2.05) is 0 Å². The minimum absolute atomic E-state index is 0.232. The molecule has 18 heavy (non-hydrogen) atoms. The molecule has 3 fully saturated rings. The van der Waals surface area contributed by atoms with Gasteiger partial charge in [-0.2, -0.15) is 0 Å². The largest absolute Gasteiger partial charge is 0.377 e. The van der Waals surface area contributed by atoms with Crippen LogP contribution in [0.4, 0.5) is 4.39 Å². The van der Waals surface area contributed by atoms with Gasteiger partial charge in [-0.25, -0.2) is 11.0 Å². The minimum Gasteiger partial charge on any atom is -0.377 e. The Labute approximate surface area is 109 Å². The van der Waals surface area contributed by atoms with Crippen molar-refractivity contribution in [3.05, 3.63) is 11.4 Å². The normalized spacial score (nSPS) is 48.4. The lowest BCUT2D eigenvalue weighted by Crippen LogP contribution is -2.35. The van der Waals surface area contributed by atoms with E-state index in [0.717, 1.165) is 51.6 Å². The molecule has 1 heterocycles. The summed E-state index contributed by atoms with van der Waals surface area (Å²) in [5, 5.41) is 0. The Kier molecular flexibility index (Phi) is 3.56. The predicted molar refractivity (Wildman–Crippen MR) is 67.8 cm³/mol. The van der Waals surface area contributed by atoms with Crippen LogP contribution in [0.3, 0.4) is 0 Å². The molecule has 0 aromatic heterocycles. The molecule has 2 nitrogen and oxygen atoms in total. The van der Waals surface area contributed by atoms with Gasteiger partial charge >= 0.3 is 0 Å². The van der Waals surface area contributed by atoms with E-state index in [1.54, 1.807) is 0 Å². The lowest BCUT2D eigenvalue weighted by atomic mass is 9.71. The van der Waals surface area contributed by atoms with Crippen LogP contribution in [0.15, 0.2) is 0 Å². The zero-order valence-electron chi connectivity index (χ0n) is 10.9. The summed E-state index contributed by atoms with van der Waals surface area (Å²) in [5.74, 6) is 1.84. The van der Waals surface area contributed by atoms with Crippen molar-refractivity contribution < 1.29 is 9.13 Å². The molecule has 3 rings (SSSR count). The van der Waals surface area contributed by atoms with Crippen molar-refractivity contribution in [3.63, 3.8) is 0 Å². The average Bonchev–Trinajstić information content (AvgIpc) is 2.82. The Hall–Kier alpha value is -0.620. The van der Waals surface area contributed by atoms with Gasteiger partial charge in [0.25, 0.3) is 0 Å². The van der Waals surface area contributed by atoms with Crippen molar-refractivity contribution in [2.45, 2.75) is 63.3 Å². The Morgan fingerprint density at radius 3 is 2.50 bits per heavy atom. The zero-order chi connectivity index (χ0) is 12.5. The number of ether oxygens (including phenoxy) is 1. The molecule has 1 saturated heterocycles. The molecule has 3 heteroatoms. The second kappa shape index (κ2) is 5.17. The first-order valence-electron chi connectivity index (χ1n) is 7.40. The second-order valence-electron chi connectivity index (χ2n) is 6.33. The van der Waals surface area contributed by atoms with Crippen LogP contribution < -0.4 is 0 Å². The molecule has 0 spiro atoms. The van der Waals surface area contributed by atoms with E-state index in [0.29, 0.717) is 23.9 Å². The third-order valence-electron chi connectivity index (χ3n) is 5.29. The minimum atomic E-state index is -0.573. The molecule has 0 radical (unpaired) electrons. The van der Waals surface area contributed by atoms with Crippen LogP contribution in [0.1, 0.15) is 44.9 Å². The van der Waals surface area contributed by atoms with Crippen molar-refractivity contribution in [1.82, 2.24) is 0 Å². The summed E-state index contributed by atoms with van der Waals surface area (Å²) in [6.07, 6.45) is 6.48. The standard InChI is InChI=1S/C15H22FNO/c1-17-13-6-7-14-11(8-13)9-18-15(14)10-2-4-12(16)5-3-10/h10-15H,2-9H2. The number of hydrogen-bond acceptors (Lipinski definition) is 1. The molecular weight excluding hydrogens is 229 g/mol. The van der Waals surface area contributed by atoms with Crippen LogP contribution in [0, 0.1) is 24.3 Å². The fraction of sp³-hybridized carbons (Fsp3) is 0.933. The number of alkyl halides is 1. The van der Waals surface area contributed by atoms with Crippen LogP contribution >= 0.6 is 0 Å². The maximum absolute atomic E-state index is 13.2. The summed E-state index contributed by atoms with van der Waals surface area (Å²) in [5.41, 5.74) is 0. The Morgan fingerprint density at radius 1 is 1.00 bits per heavy atom. The molecule has 0 aromatic carbocycles. The molecule has 100 valence electrons. The molecule has 1 aliphatic heterocycles. The zero-order valence-corrected chi connectivity index (χ0v) is 10.9. The third kappa shape index (κ3) is 2.28. The van der Waals surface area contributed by atoms with Gasteiger partial charge in [-0.05, 0) is 49.9 Å². The maximum atomic E-state index is 13.2. The van der Waals surface area contributed by atoms with Crippen molar-refractivity contribution >= 4 is 0 Å². The van der Waals surface area contributed by atoms with E-state index in [1.165, 1.54) is 0 Å². The smallest absolute Gasteiger partial charge is 0.224 e. The number of fused-ring (bicyclic) bond motifs is 1. The van der Waals surface area contributed by atoms with Gasteiger partial charge in [0.1, 0.15) is 6.17 Å². The van der Waals surface area contributed by atoms with E-state index in [4.69, 9.17) is 11.3 Å². The summed E-state index contributed by atoms with van der Waals surface area (Å²) in [4.78, 5) is 3.70. The molecule has 4 atom stereocenters. The summed E-state index contributed by atoms with van der Waals surface area (Å²) in [6, 6.07) is 0.232. The fourth-order valence-corrected chi connectivity index (χ4v) is 4.26. The first kappa shape index (κ1) is 12.4. The summed E-state index contributed by atoms with van der Waals surface area (Å²) < 4.78 is 19.2. The average molecular weight is 251 g/mol. The van der Waals surface area contributed by atoms with Crippen LogP contribution in [0.5, 0.6) is 0 Å². The van der Waals surface area contributed by atoms with E-state index in [2.05, 4.69) is 4.85 Å². The Morgan fingerprint density at radius 2 is 1.78 bits per heavy atom. The van der Waals surface area contributed by atoms with Crippen LogP contribution in [-0.2, 0) is 4.74 Å². The van der Waals surface area contributed by atoms with Crippen molar-refractivity contribution in [1.29, 1.82) is 0 Å². The lowest BCUT2D eigenvalue weighted by Gasteiger charge is -2.34. The molecule has 0 N–H and O–H groups in total. The van der Waals surface area contributed by atoms with Crippen LogP contribution in [-0.4, -0.2) is 24.9 Å².